The molecule has 1 N–H and O–H groups in total. The lowest BCUT2D eigenvalue weighted by Crippen LogP contribution is -2.46. The second-order valence-corrected chi connectivity index (χ2v) is 6.11. The number of rotatable bonds is 6. The van der Waals surface area contributed by atoms with Gasteiger partial charge in [-0.2, -0.15) is 4.98 Å². The van der Waals surface area contributed by atoms with Crippen molar-refractivity contribution >= 4 is 29.8 Å². The highest BCUT2D eigenvalue weighted by Crippen LogP contribution is 2.15. The van der Waals surface area contributed by atoms with E-state index in [4.69, 9.17) is 11.6 Å². The van der Waals surface area contributed by atoms with Crippen molar-refractivity contribution in [3.63, 3.8) is 0 Å². The molecule has 0 unspecified atom stereocenters. The number of hydrogen-bond donors (Lipinski definition) is 1. The third kappa shape index (κ3) is 4.35. The summed E-state index contributed by atoms with van der Waals surface area (Å²) in [6, 6.07) is 9.74. The van der Waals surface area contributed by atoms with Gasteiger partial charge < -0.3 is 15.1 Å². The topological polar surface area (TPSA) is 61.4 Å². The van der Waals surface area contributed by atoms with E-state index in [0.717, 1.165) is 56.4 Å². The van der Waals surface area contributed by atoms with Gasteiger partial charge in [-0.1, -0.05) is 23.7 Å². The Kier molecular flexibility index (Phi) is 5.48. The Labute approximate surface area is 146 Å². The van der Waals surface area contributed by atoms with Crippen LogP contribution in [0.3, 0.4) is 0 Å². The van der Waals surface area contributed by atoms with Crippen LogP contribution in [-0.2, 0) is 11.2 Å². The molecule has 1 amide bonds. The SMILES string of the molecule is O=CN1CCN(c2ccnc(NCCc3cccc(Cl)c3)n2)CC1. The molecule has 0 saturated carbocycles. The van der Waals surface area contributed by atoms with Crippen LogP contribution in [-0.4, -0.2) is 54.0 Å². The maximum Gasteiger partial charge on any atom is 0.224 e. The number of anilines is 2. The van der Waals surface area contributed by atoms with Crippen LogP contribution >= 0.6 is 11.6 Å². The maximum atomic E-state index is 10.8. The number of hydrogen-bond acceptors (Lipinski definition) is 5. The molecule has 24 heavy (non-hydrogen) atoms. The molecule has 0 radical (unpaired) electrons. The van der Waals surface area contributed by atoms with E-state index in [1.165, 1.54) is 5.56 Å². The van der Waals surface area contributed by atoms with E-state index < -0.39 is 0 Å². The largest absolute Gasteiger partial charge is 0.354 e. The summed E-state index contributed by atoms with van der Waals surface area (Å²) in [5.74, 6) is 1.51. The number of piperazine rings is 1. The number of carbonyl (C=O) groups excluding carboxylic acids is 1. The summed E-state index contributed by atoms with van der Waals surface area (Å²) < 4.78 is 0. The smallest absolute Gasteiger partial charge is 0.224 e. The molecule has 6 nitrogen and oxygen atoms in total. The van der Waals surface area contributed by atoms with Crippen LogP contribution in [0.5, 0.6) is 0 Å². The fraction of sp³-hybridized carbons (Fsp3) is 0.353. The number of amides is 1. The highest BCUT2D eigenvalue weighted by Gasteiger charge is 2.16. The minimum absolute atomic E-state index is 0.618. The monoisotopic (exact) mass is 345 g/mol. The Morgan fingerprint density at radius 1 is 1.21 bits per heavy atom. The lowest BCUT2D eigenvalue weighted by Gasteiger charge is -2.33. The van der Waals surface area contributed by atoms with Crippen molar-refractivity contribution in [1.29, 1.82) is 0 Å². The first-order valence-electron chi connectivity index (χ1n) is 8.00. The van der Waals surface area contributed by atoms with Gasteiger partial charge in [0.2, 0.25) is 12.4 Å². The zero-order valence-electron chi connectivity index (χ0n) is 13.4. The normalized spacial score (nSPS) is 14.5. The second kappa shape index (κ2) is 7.97. The molecule has 1 fully saturated rings. The number of nitrogens with one attached hydrogen (secondary N) is 1. The number of halogens is 1. The van der Waals surface area contributed by atoms with Crippen molar-refractivity contribution in [2.75, 3.05) is 42.9 Å². The predicted molar refractivity (Wildman–Crippen MR) is 95.5 cm³/mol. The van der Waals surface area contributed by atoms with Gasteiger partial charge >= 0.3 is 0 Å². The summed E-state index contributed by atoms with van der Waals surface area (Å²) in [6.07, 6.45) is 3.52. The Hall–Kier alpha value is -2.34. The minimum Gasteiger partial charge on any atom is -0.354 e. The molecule has 0 spiro atoms. The number of benzene rings is 1. The van der Waals surface area contributed by atoms with Crippen LogP contribution in [0.2, 0.25) is 5.02 Å². The maximum absolute atomic E-state index is 10.8. The van der Waals surface area contributed by atoms with E-state index >= 15 is 0 Å². The second-order valence-electron chi connectivity index (χ2n) is 5.67. The summed E-state index contributed by atoms with van der Waals surface area (Å²) >= 11 is 5.99. The molecule has 0 aliphatic carbocycles. The van der Waals surface area contributed by atoms with Gasteiger partial charge in [0.25, 0.3) is 0 Å². The Bertz CT molecular complexity index is 688. The summed E-state index contributed by atoms with van der Waals surface area (Å²) in [5, 5.41) is 4.00. The number of carbonyl (C=O) groups is 1. The van der Waals surface area contributed by atoms with Crippen LogP contribution in [0.4, 0.5) is 11.8 Å². The van der Waals surface area contributed by atoms with E-state index in [9.17, 15) is 4.79 Å². The molecule has 1 aromatic carbocycles. The molecule has 1 saturated heterocycles. The first-order chi connectivity index (χ1) is 11.7. The lowest BCUT2D eigenvalue weighted by molar-refractivity contribution is -0.118. The minimum atomic E-state index is 0.618. The Morgan fingerprint density at radius 2 is 2.04 bits per heavy atom. The van der Waals surface area contributed by atoms with E-state index in [1.54, 1.807) is 11.1 Å². The fourth-order valence-electron chi connectivity index (χ4n) is 2.68. The Balaban J connectivity index is 1.54. The molecule has 2 heterocycles. The number of aromatic nitrogens is 2. The van der Waals surface area contributed by atoms with Gasteiger partial charge in [-0.05, 0) is 30.2 Å². The molecule has 126 valence electrons. The molecule has 2 aromatic rings. The van der Waals surface area contributed by atoms with Gasteiger partial charge in [-0.3, -0.25) is 4.79 Å². The van der Waals surface area contributed by atoms with Crippen LogP contribution in [0.1, 0.15) is 5.56 Å². The molecular formula is C17H20ClN5O. The highest BCUT2D eigenvalue weighted by atomic mass is 35.5. The van der Waals surface area contributed by atoms with Crippen LogP contribution in [0, 0.1) is 0 Å². The molecule has 1 aromatic heterocycles. The average molecular weight is 346 g/mol. The van der Waals surface area contributed by atoms with E-state index in [2.05, 4.69) is 26.3 Å². The van der Waals surface area contributed by atoms with Crippen molar-refractivity contribution < 1.29 is 4.79 Å². The molecular weight excluding hydrogens is 326 g/mol. The zero-order chi connectivity index (χ0) is 16.8. The molecule has 1 aliphatic heterocycles. The van der Waals surface area contributed by atoms with Crippen LogP contribution in [0.15, 0.2) is 36.5 Å². The number of nitrogens with zero attached hydrogens (tertiary/aromatic N) is 4. The van der Waals surface area contributed by atoms with Gasteiger partial charge in [0.05, 0.1) is 0 Å². The van der Waals surface area contributed by atoms with Gasteiger partial charge in [0.15, 0.2) is 0 Å². The molecule has 0 bridgehead atoms. The molecule has 1 aliphatic rings. The van der Waals surface area contributed by atoms with Gasteiger partial charge in [0, 0.05) is 43.9 Å². The van der Waals surface area contributed by atoms with Crippen molar-refractivity contribution in [2.45, 2.75) is 6.42 Å². The standard InChI is InChI=1S/C17H20ClN5O/c18-15-3-1-2-14(12-15)4-6-19-17-20-7-5-16(21-17)23-10-8-22(13-24)9-11-23/h1-3,5,7,12-13H,4,6,8-11H2,(H,19,20,21). The lowest BCUT2D eigenvalue weighted by atomic mass is 10.1. The van der Waals surface area contributed by atoms with Crippen LogP contribution in [0.25, 0.3) is 0 Å². The quantitative estimate of drug-likeness (QED) is 0.812. The molecule has 7 heteroatoms. The van der Waals surface area contributed by atoms with Gasteiger partial charge in [-0.25, -0.2) is 4.98 Å². The van der Waals surface area contributed by atoms with Gasteiger partial charge in [0.1, 0.15) is 5.82 Å². The summed E-state index contributed by atoms with van der Waals surface area (Å²) in [4.78, 5) is 23.6. The zero-order valence-corrected chi connectivity index (χ0v) is 14.1. The summed E-state index contributed by atoms with van der Waals surface area (Å²) in [7, 11) is 0. The van der Waals surface area contributed by atoms with E-state index in [1.807, 2.05) is 24.3 Å². The molecule has 3 rings (SSSR count). The van der Waals surface area contributed by atoms with Crippen molar-refractivity contribution in [1.82, 2.24) is 14.9 Å². The van der Waals surface area contributed by atoms with Crippen molar-refractivity contribution in [2.24, 2.45) is 0 Å². The first-order valence-corrected chi connectivity index (χ1v) is 8.38. The third-order valence-electron chi connectivity index (χ3n) is 4.01. The predicted octanol–water partition coefficient (Wildman–Crippen LogP) is 2.06. The highest BCUT2D eigenvalue weighted by molar-refractivity contribution is 6.30. The average Bonchev–Trinajstić information content (AvgIpc) is 2.62. The van der Waals surface area contributed by atoms with Crippen molar-refractivity contribution in [3.8, 4) is 0 Å². The Morgan fingerprint density at radius 3 is 2.79 bits per heavy atom. The van der Waals surface area contributed by atoms with Gasteiger partial charge in [-0.15, -0.1) is 0 Å². The summed E-state index contributed by atoms with van der Waals surface area (Å²) in [6.45, 7) is 3.77. The molecule has 0 atom stereocenters. The van der Waals surface area contributed by atoms with E-state index in [0.29, 0.717) is 5.95 Å². The first kappa shape index (κ1) is 16.5. The van der Waals surface area contributed by atoms with E-state index in [-0.39, 0.29) is 0 Å². The summed E-state index contributed by atoms with van der Waals surface area (Å²) in [5.41, 5.74) is 1.18. The fourth-order valence-corrected chi connectivity index (χ4v) is 2.89. The van der Waals surface area contributed by atoms with Crippen LogP contribution < -0.4 is 10.2 Å². The van der Waals surface area contributed by atoms with Crippen molar-refractivity contribution in [3.05, 3.63) is 47.1 Å². The third-order valence-corrected chi connectivity index (χ3v) is 4.25.